The molecule has 19 heavy (non-hydrogen) atoms. The van der Waals surface area contributed by atoms with E-state index >= 15 is 0 Å². The van der Waals surface area contributed by atoms with Gasteiger partial charge >= 0.3 is 5.97 Å². The van der Waals surface area contributed by atoms with Crippen molar-refractivity contribution in [2.24, 2.45) is 0 Å². The van der Waals surface area contributed by atoms with Gasteiger partial charge in [-0.05, 0) is 18.4 Å². The number of hydrogen-bond acceptors (Lipinski definition) is 5. The Kier molecular flexibility index (Phi) is 4.29. The molecule has 1 N–H and O–H groups in total. The van der Waals surface area contributed by atoms with Crippen molar-refractivity contribution in [3.05, 3.63) is 35.9 Å². The number of carbonyl (C=O) groups is 2. The molecule has 0 aromatic heterocycles. The molecule has 102 valence electrons. The summed E-state index contributed by atoms with van der Waals surface area (Å²) < 4.78 is 5.03. The lowest BCUT2D eigenvalue weighted by atomic mass is 10.2. The molecule has 1 atom stereocenters. The molecule has 2 rings (SSSR count). The zero-order chi connectivity index (χ0) is 13.7. The number of aldehydes is 1. The average Bonchev–Trinajstić information content (AvgIpc) is 2.99. The molecule has 5 heteroatoms. The van der Waals surface area contributed by atoms with Crippen LogP contribution in [0.5, 0.6) is 0 Å². The van der Waals surface area contributed by atoms with Gasteiger partial charge in [0.1, 0.15) is 6.61 Å². The number of benzene rings is 1. The smallest absolute Gasteiger partial charge is 0.362 e. The fourth-order valence-corrected chi connectivity index (χ4v) is 2.14. The van der Waals surface area contributed by atoms with E-state index in [4.69, 9.17) is 4.74 Å². The van der Waals surface area contributed by atoms with E-state index < -0.39 is 11.7 Å². The van der Waals surface area contributed by atoms with Gasteiger partial charge in [-0.2, -0.15) is 0 Å². The molecule has 0 radical (unpaired) electrons. The Morgan fingerprint density at radius 2 is 1.95 bits per heavy atom. The van der Waals surface area contributed by atoms with Gasteiger partial charge in [-0.15, -0.1) is 0 Å². The van der Waals surface area contributed by atoms with Crippen molar-refractivity contribution in [3.8, 4) is 0 Å². The Hall–Kier alpha value is -1.72. The van der Waals surface area contributed by atoms with Gasteiger partial charge in [0.25, 0.3) is 5.72 Å². The van der Waals surface area contributed by atoms with Crippen molar-refractivity contribution in [3.63, 3.8) is 0 Å². The minimum atomic E-state index is -2.15. The van der Waals surface area contributed by atoms with Crippen LogP contribution in [0.1, 0.15) is 18.4 Å². The summed E-state index contributed by atoms with van der Waals surface area (Å²) in [6.07, 6.45) is 1.98. The third kappa shape index (κ3) is 3.00. The Labute approximate surface area is 111 Å². The van der Waals surface area contributed by atoms with Gasteiger partial charge in [0, 0.05) is 13.1 Å². The van der Waals surface area contributed by atoms with E-state index in [2.05, 4.69) is 0 Å². The summed E-state index contributed by atoms with van der Waals surface area (Å²) in [5.41, 5.74) is -1.34. The highest BCUT2D eigenvalue weighted by molar-refractivity contribution is 5.95. The van der Waals surface area contributed by atoms with Crippen LogP contribution >= 0.6 is 0 Å². The van der Waals surface area contributed by atoms with Crippen LogP contribution in [0.15, 0.2) is 30.3 Å². The Bertz CT molecular complexity index is 442. The SMILES string of the molecule is O=CC(O)(C(=O)OCc1ccccc1)N1CCCC1. The third-order valence-corrected chi connectivity index (χ3v) is 3.27. The second kappa shape index (κ2) is 5.95. The maximum absolute atomic E-state index is 11.9. The first-order valence-electron chi connectivity index (χ1n) is 6.32. The molecule has 0 bridgehead atoms. The first-order valence-corrected chi connectivity index (χ1v) is 6.32. The topological polar surface area (TPSA) is 66.8 Å². The summed E-state index contributed by atoms with van der Waals surface area (Å²) in [5.74, 6) is -0.909. The van der Waals surface area contributed by atoms with E-state index in [1.807, 2.05) is 30.3 Å². The molecule has 1 fully saturated rings. The molecule has 0 amide bonds. The predicted octanol–water partition coefficient (Wildman–Crippen LogP) is 0.713. The molecule has 0 spiro atoms. The fraction of sp³-hybridized carbons (Fsp3) is 0.429. The minimum Gasteiger partial charge on any atom is -0.457 e. The Morgan fingerprint density at radius 3 is 2.53 bits per heavy atom. The molecule has 1 aliphatic rings. The van der Waals surface area contributed by atoms with Crippen LogP contribution in [0.3, 0.4) is 0 Å². The molecule has 1 aromatic rings. The molecular formula is C14H17NO4. The summed E-state index contributed by atoms with van der Waals surface area (Å²) in [4.78, 5) is 24.4. The molecule has 1 aliphatic heterocycles. The van der Waals surface area contributed by atoms with Crippen LogP contribution in [-0.4, -0.2) is 41.1 Å². The van der Waals surface area contributed by atoms with E-state index in [1.165, 1.54) is 4.90 Å². The molecule has 0 aliphatic carbocycles. The highest BCUT2D eigenvalue weighted by atomic mass is 16.6. The van der Waals surface area contributed by atoms with Gasteiger partial charge in [-0.25, -0.2) is 4.79 Å². The molecule has 1 aromatic carbocycles. The average molecular weight is 263 g/mol. The lowest BCUT2D eigenvalue weighted by Crippen LogP contribution is -2.55. The standard InChI is InChI=1S/C14H17NO4/c16-11-14(18,15-8-4-5-9-15)13(17)19-10-12-6-2-1-3-7-12/h1-3,6-7,11,18H,4-5,8-10H2. The van der Waals surface area contributed by atoms with Crippen LogP contribution in [0, 0.1) is 0 Å². The number of esters is 1. The zero-order valence-corrected chi connectivity index (χ0v) is 10.6. The highest BCUT2D eigenvalue weighted by Crippen LogP contribution is 2.19. The Morgan fingerprint density at radius 1 is 1.32 bits per heavy atom. The van der Waals surface area contributed by atoms with Crippen LogP contribution in [-0.2, 0) is 20.9 Å². The van der Waals surface area contributed by atoms with Crippen molar-refractivity contribution >= 4 is 12.3 Å². The van der Waals surface area contributed by atoms with E-state index in [0.29, 0.717) is 13.1 Å². The Balaban J connectivity index is 1.99. The molecule has 1 unspecified atom stereocenters. The van der Waals surface area contributed by atoms with E-state index in [1.54, 1.807) is 0 Å². The van der Waals surface area contributed by atoms with Gasteiger partial charge in [0.15, 0.2) is 6.29 Å². The first kappa shape index (κ1) is 13.7. The number of carbonyl (C=O) groups excluding carboxylic acids is 2. The van der Waals surface area contributed by atoms with E-state index in [-0.39, 0.29) is 12.9 Å². The molecule has 5 nitrogen and oxygen atoms in total. The van der Waals surface area contributed by atoms with Crippen molar-refractivity contribution in [1.29, 1.82) is 0 Å². The number of ether oxygens (including phenoxy) is 1. The van der Waals surface area contributed by atoms with Gasteiger partial charge in [0.2, 0.25) is 0 Å². The second-order valence-electron chi connectivity index (χ2n) is 4.60. The van der Waals surface area contributed by atoms with Gasteiger partial charge in [-0.3, -0.25) is 9.69 Å². The fourth-order valence-electron chi connectivity index (χ4n) is 2.14. The quantitative estimate of drug-likeness (QED) is 0.481. The van der Waals surface area contributed by atoms with Crippen molar-refractivity contribution < 1.29 is 19.4 Å². The van der Waals surface area contributed by atoms with Gasteiger partial charge in [-0.1, -0.05) is 30.3 Å². The van der Waals surface area contributed by atoms with Gasteiger partial charge < -0.3 is 9.84 Å². The maximum atomic E-state index is 11.9. The van der Waals surface area contributed by atoms with E-state index in [9.17, 15) is 14.7 Å². The highest BCUT2D eigenvalue weighted by Gasteiger charge is 2.45. The first-order chi connectivity index (χ1) is 9.16. The van der Waals surface area contributed by atoms with Crippen molar-refractivity contribution in [2.75, 3.05) is 13.1 Å². The predicted molar refractivity (Wildman–Crippen MR) is 68.1 cm³/mol. The number of rotatable bonds is 5. The van der Waals surface area contributed by atoms with E-state index in [0.717, 1.165) is 18.4 Å². The maximum Gasteiger partial charge on any atom is 0.362 e. The summed E-state index contributed by atoms with van der Waals surface area (Å²) in [7, 11) is 0. The van der Waals surface area contributed by atoms with Crippen LogP contribution in [0.25, 0.3) is 0 Å². The summed E-state index contributed by atoms with van der Waals surface area (Å²) in [6, 6.07) is 9.13. The van der Waals surface area contributed by atoms with Crippen molar-refractivity contribution in [1.82, 2.24) is 4.90 Å². The molecule has 0 saturated carbocycles. The lowest BCUT2D eigenvalue weighted by molar-refractivity contribution is -0.186. The molecule has 1 saturated heterocycles. The minimum absolute atomic E-state index is 0.0453. The summed E-state index contributed by atoms with van der Waals surface area (Å²) in [5, 5.41) is 10.1. The number of likely N-dealkylation sites (tertiary alicyclic amines) is 1. The normalized spacial score (nSPS) is 18.8. The van der Waals surface area contributed by atoms with Gasteiger partial charge in [0.05, 0.1) is 0 Å². The third-order valence-electron chi connectivity index (χ3n) is 3.27. The largest absolute Gasteiger partial charge is 0.457 e. The van der Waals surface area contributed by atoms with Crippen LogP contribution in [0.2, 0.25) is 0 Å². The van der Waals surface area contributed by atoms with Crippen LogP contribution in [0.4, 0.5) is 0 Å². The second-order valence-corrected chi connectivity index (χ2v) is 4.60. The van der Waals surface area contributed by atoms with Crippen molar-refractivity contribution in [2.45, 2.75) is 25.2 Å². The number of aliphatic hydroxyl groups is 1. The molecule has 1 heterocycles. The van der Waals surface area contributed by atoms with Crippen LogP contribution < -0.4 is 0 Å². The monoisotopic (exact) mass is 263 g/mol. The summed E-state index contributed by atoms with van der Waals surface area (Å²) in [6.45, 7) is 1.09. The number of nitrogens with zero attached hydrogens (tertiary/aromatic N) is 1. The lowest BCUT2D eigenvalue weighted by Gasteiger charge is -2.29. The zero-order valence-electron chi connectivity index (χ0n) is 10.6. The summed E-state index contributed by atoms with van der Waals surface area (Å²) >= 11 is 0. The molecular weight excluding hydrogens is 246 g/mol. The number of hydrogen-bond donors (Lipinski definition) is 1.